The predicted molar refractivity (Wildman–Crippen MR) is 104 cm³/mol. The molecule has 7 heteroatoms. The molecule has 2 atom stereocenters. The summed E-state index contributed by atoms with van der Waals surface area (Å²) < 4.78 is 6.71. The third-order valence-corrected chi connectivity index (χ3v) is 5.70. The Balaban J connectivity index is 1.53. The summed E-state index contributed by atoms with van der Waals surface area (Å²) in [5.41, 5.74) is 4.27. The van der Waals surface area contributed by atoms with Gasteiger partial charge >= 0.3 is 0 Å². The number of aliphatic imine (C=N–C) groups is 1. The lowest BCUT2D eigenvalue weighted by atomic mass is 10.1. The molecule has 1 saturated carbocycles. The minimum absolute atomic E-state index is 0.0817. The van der Waals surface area contributed by atoms with Gasteiger partial charge in [0.2, 0.25) is 5.96 Å². The van der Waals surface area contributed by atoms with Crippen LogP contribution in [0.4, 0.5) is 0 Å². The number of aromatic nitrogens is 1. The number of nitrogens with one attached hydrogen (secondary N) is 2. The Morgan fingerprint density at radius 2 is 2.15 bits per heavy atom. The van der Waals surface area contributed by atoms with Crippen LogP contribution in [0.1, 0.15) is 37.7 Å². The summed E-state index contributed by atoms with van der Waals surface area (Å²) >= 11 is 1.59. The van der Waals surface area contributed by atoms with Crippen molar-refractivity contribution >= 4 is 39.5 Å². The molecule has 1 aromatic heterocycles. The van der Waals surface area contributed by atoms with Crippen LogP contribution in [0.15, 0.2) is 34.4 Å². The lowest BCUT2D eigenvalue weighted by Gasteiger charge is -2.20. The van der Waals surface area contributed by atoms with Crippen molar-refractivity contribution in [2.75, 3.05) is 7.11 Å². The highest BCUT2D eigenvalue weighted by atomic mass is 32.1. The van der Waals surface area contributed by atoms with E-state index in [-0.39, 0.29) is 18.1 Å². The molecule has 0 unspecified atom stereocenters. The van der Waals surface area contributed by atoms with Gasteiger partial charge < -0.3 is 10.1 Å². The number of rotatable bonds is 3. The summed E-state index contributed by atoms with van der Waals surface area (Å²) in [7, 11) is 1.74. The maximum atomic E-state index is 12.3. The summed E-state index contributed by atoms with van der Waals surface area (Å²) in [6.45, 7) is 0. The van der Waals surface area contributed by atoms with Gasteiger partial charge in [0.25, 0.3) is 5.91 Å². The van der Waals surface area contributed by atoms with Crippen LogP contribution < -0.4 is 10.6 Å². The number of fused-ring (bicyclic) bond motifs is 1. The summed E-state index contributed by atoms with van der Waals surface area (Å²) in [5.74, 6) is 0.366. The van der Waals surface area contributed by atoms with Crippen molar-refractivity contribution in [3.8, 4) is 0 Å². The average Bonchev–Trinajstić information content (AvgIpc) is 3.16. The molecule has 2 N–H and O–H groups in total. The Kier molecular flexibility index (Phi) is 4.99. The van der Waals surface area contributed by atoms with Crippen molar-refractivity contribution in [1.29, 1.82) is 0 Å². The fourth-order valence-corrected chi connectivity index (χ4v) is 4.25. The smallest absolute Gasteiger partial charge is 0.274 e. The predicted octanol–water partition coefficient (Wildman–Crippen LogP) is 3.06. The van der Waals surface area contributed by atoms with Crippen LogP contribution in [-0.2, 0) is 9.53 Å². The number of ether oxygens (including phenoxy) is 1. The van der Waals surface area contributed by atoms with Gasteiger partial charge in [-0.1, -0.05) is 25.3 Å². The molecule has 0 spiro atoms. The van der Waals surface area contributed by atoms with Crippen LogP contribution in [0.5, 0.6) is 0 Å². The molecule has 0 bridgehead atoms. The number of methoxy groups -OCH3 is 1. The van der Waals surface area contributed by atoms with Crippen molar-refractivity contribution < 1.29 is 9.53 Å². The van der Waals surface area contributed by atoms with Gasteiger partial charge in [0.15, 0.2) is 0 Å². The molecule has 1 saturated heterocycles. The molecule has 2 aliphatic rings. The number of amides is 1. The quantitative estimate of drug-likeness (QED) is 0.643. The number of thiazole rings is 1. The second-order valence-corrected chi connectivity index (χ2v) is 7.56. The van der Waals surface area contributed by atoms with Crippen LogP contribution >= 0.6 is 11.3 Å². The molecular formula is C19H22N4O2S. The molecule has 4 rings (SSSR count). The molecule has 26 heavy (non-hydrogen) atoms. The van der Waals surface area contributed by atoms with E-state index in [2.05, 4.69) is 15.6 Å². The van der Waals surface area contributed by atoms with Gasteiger partial charge in [-0.15, -0.1) is 11.3 Å². The van der Waals surface area contributed by atoms with E-state index in [0.717, 1.165) is 35.0 Å². The van der Waals surface area contributed by atoms with Gasteiger partial charge in [-0.3, -0.25) is 10.1 Å². The van der Waals surface area contributed by atoms with Crippen molar-refractivity contribution in [3.05, 3.63) is 35.0 Å². The normalized spacial score (nSPS) is 26.9. The van der Waals surface area contributed by atoms with Crippen molar-refractivity contribution in [1.82, 2.24) is 15.6 Å². The van der Waals surface area contributed by atoms with Gasteiger partial charge in [0.05, 0.1) is 27.9 Å². The average molecular weight is 370 g/mol. The number of benzene rings is 1. The summed E-state index contributed by atoms with van der Waals surface area (Å²) in [5, 5.41) is 5.96. The Morgan fingerprint density at radius 1 is 1.27 bits per heavy atom. The lowest BCUT2D eigenvalue weighted by molar-refractivity contribution is -0.115. The monoisotopic (exact) mass is 370 g/mol. The Hall–Kier alpha value is -2.25. The zero-order valence-electron chi connectivity index (χ0n) is 14.7. The van der Waals surface area contributed by atoms with Gasteiger partial charge in [-0.2, -0.15) is 0 Å². The third-order valence-electron chi connectivity index (χ3n) is 4.91. The molecule has 1 aliphatic heterocycles. The molecule has 1 aliphatic carbocycles. The maximum Gasteiger partial charge on any atom is 0.274 e. The largest absolute Gasteiger partial charge is 0.379 e. The number of carbonyl (C=O) groups excluding carboxylic acids is 1. The number of nitrogens with zero attached hydrogens (tertiary/aromatic N) is 2. The number of carbonyl (C=O) groups is 1. The minimum atomic E-state index is -0.157. The van der Waals surface area contributed by atoms with Gasteiger partial charge in [-0.25, -0.2) is 9.98 Å². The molecule has 6 nitrogen and oxygen atoms in total. The number of hydrogen-bond donors (Lipinski definition) is 2. The molecule has 2 fully saturated rings. The molecule has 0 radical (unpaired) electrons. The van der Waals surface area contributed by atoms with E-state index in [9.17, 15) is 4.79 Å². The minimum Gasteiger partial charge on any atom is -0.379 e. The van der Waals surface area contributed by atoms with Crippen LogP contribution in [0.3, 0.4) is 0 Å². The van der Waals surface area contributed by atoms with Crippen LogP contribution in [0.25, 0.3) is 16.3 Å². The van der Waals surface area contributed by atoms with E-state index in [1.807, 2.05) is 29.8 Å². The molecule has 2 aromatic rings. The van der Waals surface area contributed by atoms with Gasteiger partial charge in [0, 0.05) is 7.11 Å². The first kappa shape index (κ1) is 17.2. The number of guanidine groups is 1. The van der Waals surface area contributed by atoms with Crippen molar-refractivity contribution in [2.24, 2.45) is 4.99 Å². The maximum absolute atomic E-state index is 12.3. The molecule has 1 amide bonds. The molecule has 2 heterocycles. The summed E-state index contributed by atoms with van der Waals surface area (Å²) in [6.07, 6.45) is 7.50. The standard InChI is InChI=1S/C19H22N4O2S/c1-25-16-6-4-2-3-5-13(16)21-19-22-15(18(24)23-19)9-12-7-8-14-17(10-12)26-11-20-14/h7-11,13,16H,2-6H2,1H3,(H2,21,22,23,24)/b15-9-/t13-,16-/m1/s1. The first-order valence-corrected chi connectivity index (χ1v) is 9.85. The summed E-state index contributed by atoms with van der Waals surface area (Å²) in [4.78, 5) is 21.3. The second kappa shape index (κ2) is 7.55. The molecule has 136 valence electrons. The first-order valence-electron chi connectivity index (χ1n) is 8.97. The first-order chi connectivity index (χ1) is 12.7. The van der Waals surface area contributed by atoms with E-state index in [4.69, 9.17) is 9.73 Å². The van der Waals surface area contributed by atoms with Crippen molar-refractivity contribution in [2.45, 2.75) is 44.2 Å². The topological polar surface area (TPSA) is 75.6 Å². The Labute approximate surface area is 156 Å². The van der Waals surface area contributed by atoms with E-state index >= 15 is 0 Å². The Morgan fingerprint density at radius 3 is 3.04 bits per heavy atom. The summed E-state index contributed by atoms with van der Waals surface area (Å²) in [6, 6.07) is 6.05. The zero-order chi connectivity index (χ0) is 17.9. The molecule has 1 aromatic carbocycles. The van der Waals surface area contributed by atoms with E-state index in [1.54, 1.807) is 18.4 Å². The lowest BCUT2D eigenvalue weighted by Crippen LogP contribution is -2.32. The van der Waals surface area contributed by atoms with E-state index in [1.165, 1.54) is 12.8 Å². The van der Waals surface area contributed by atoms with Gasteiger partial charge in [0.1, 0.15) is 5.70 Å². The van der Waals surface area contributed by atoms with Gasteiger partial charge in [-0.05, 0) is 36.6 Å². The van der Waals surface area contributed by atoms with E-state index in [0.29, 0.717) is 11.7 Å². The highest BCUT2D eigenvalue weighted by Gasteiger charge is 2.27. The highest BCUT2D eigenvalue weighted by Crippen LogP contribution is 2.23. The third kappa shape index (κ3) is 3.64. The highest BCUT2D eigenvalue weighted by molar-refractivity contribution is 7.16. The van der Waals surface area contributed by atoms with Crippen LogP contribution in [0, 0.1) is 0 Å². The zero-order valence-corrected chi connectivity index (χ0v) is 15.5. The second-order valence-electron chi connectivity index (χ2n) is 6.67. The Bertz CT molecular complexity index is 873. The van der Waals surface area contributed by atoms with Crippen LogP contribution in [0.2, 0.25) is 0 Å². The van der Waals surface area contributed by atoms with Crippen LogP contribution in [-0.4, -0.2) is 36.1 Å². The van der Waals surface area contributed by atoms with E-state index < -0.39 is 0 Å². The number of hydrogen-bond acceptors (Lipinski definition) is 5. The van der Waals surface area contributed by atoms with Crippen molar-refractivity contribution in [3.63, 3.8) is 0 Å². The molecular weight excluding hydrogens is 348 g/mol. The fraction of sp³-hybridized carbons (Fsp3) is 0.421. The fourth-order valence-electron chi connectivity index (χ4n) is 3.53. The SMILES string of the molecule is CO[C@@H]1CCCCC[C@H]1N=C1NC(=O)/C(=C/c2ccc3ncsc3c2)N1.